The topological polar surface area (TPSA) is 50.4 Å². The maximum Gasteiger partial charge on any atom is 0.206 e. The van der Waals surface area contributed by atoms with E-state index in [4.69, 9.17) is 9.53 Å². The third-order valence-corrected chi connectivity index (χ3v) is 5.09. The molecule has 0 heterocycles. The van der Waals surface area contributed by atoms with Gasteiger partial charge in [0.15, 0.2) is 0 Å². The van der Waals surface area contributed by atoms with E-state index in [1.165, 1.54) is 77.2 Å². The van der Waals surface area contributed by atoms with Gasteiger partial charge < -0.3 is 15.4 Å². The van der Waals surface area contributed by atoms with Crippen LogP contribution in [0.2, 0.25) is 0 Å². The van der Waals surface area contributed by atoms with E-state index < -0.39 is 0 Å². The van der Waals surface area contributed by atoms with E-state index in [0.29, 0.717) is 6.41 Å². The number of ether oxygens (including phenoxy) is 1. The third-order valence-electron chi connectivity index (χ3n) is 5.09. The Hall–Kier alpha value is -0.610. The molecule has 0 unspecified atom stereocenters. The number of amides is 1. The van der Waals surface area contributed by atoms with Crippen molar-refractivity contribution >= 4 is 6.41 Å². The maximum absolute atomic E-state index is 9.06. The minimum atomic E-state index is 0.625. The van der Waals surface area contributed by atoms with E-state index in [0.717, 1.165) is 31.6 Å². The van der Waals surface area contributed by atoms with Crippen molar-refractivity contribution in [3.05, 3.63) is 0 Å². The summed E-state index contributed by atoms with van der Waals surface area (Å²) < 4.78 is 5.76. The van der Waals surface area contributed by atoms with Crippen LogP contribution in [0.4, 0.5) is 0 Å². The zero-order valence-corrected chi connectivity index (χ0v) is 15.2. The molecule has 0 spiro atoms. The number of hydrogen-bond donors (Lipinski definition) is 2. The van der Waals surface area contributed by atoms with Crippen molar-refractivity contribution < 1.29 is 9.53 Å². The van der Waals surface area contributed by atoms with Gasteiger partial charge in [-0.1, -0.05) is 51.4 Å². The lowest BCUT2D eigenvalue weighted by Crippen LogP contribution is -2.27. The van der Waals surface area contributed by atoms with Crippen LogP contribution in [0.3, 0.4) is 0 Å². The molecule has 0 aromatic rings. The van der Waals surface area contributed by atoms with Gasteiger partial charge in [-0.15, -0.1) is 0 Å². The highest BCUT2D eigenvalue weighted by Crippen LogP contribution is 2.26. The smallest absolute Gasteiger partial charge is 0.206 e. The van der Waals surface area contributed by atoms with Gasteiger partial charge in [0.1, 0.15) is 0 Å². The van der Waals surface area contributed by atoms with Crippen LogP contribution in [-0.2, 0) is 9.53 Å². The van der Waals surface area contributed by atoms with Crippen LogP contribution in [0.15, 0.2) is 0 Å². The average Bonchev–Trinajstić information content (AvgIpc) is 2.63. The third kappa shape index (κ3) is 11.5. The number of carbonyl (C=O) groups excluding carboxylic acids is 1. The first kappa shape index (κ1) is 20.4. The molecule has 4 nitrogen and oxygen atoms in total. The second kappa shape index (κ2) is 14.9. The van der Waals surface area contributed by atoms with E-state index in [1.54, 1.807) is 7.05 Å². The van der Waals surface area contributed by atoms with Crippen molar-refractivity contribution in [1.82, 2.24) is 10.6 Å². The van der Waals surface area contributed by atoms with Gasteiger partial charge in [0.25, 0.3) is 0 Å². The van der Waals surface area contributed by atoms with Gasteiger partial charge in [0.2, 0.25) is 6.41 Å². The standard InChI is InChI=1S/C17H33NO.C2H5NO/c1-3-7-16(8-4-1)11-13-19-14-12-18-15-17-9-5-2-6-10-17;1-3-2-4/h16-18H,1-15H2;2H,1H3,(H,3,4). The summed E-state index contributed by atoms with van der Waals surface area (Å²) in [6, 6.07) is 0. The zero-order valence-electron chi connectivity index (χ0n) is 15.2. The van der Waals surface area contributed by atoms with E-state index in [1.807, 2.05) is 0 Å². The Bertz CT molecular complexity index is 240. The normalized spacial score (nSPS) is 19.7. The first-order chi connectivity index (χ1) is 11.4. The second-order valence-corrected chi connectivity index (χ2v) is 7.02. The van der Waals surface area contributed by atoms with Gasteiger partial charge in [-0.25, -0.2) is 0 Å². The highest BCUT2D eigenvalue weighted by molar-refractivity contribution is 5.44. The fraction of sp³-hybridized carbons (Fsp3) is 0.947. The Morgan fingerprint density at radius 1 is 0.913 bits per heavy atom. The number of rotatable bonds is 9. The number of carbonyl (C=O) groups is 1. The van der Waals surface area contributed by atoms with Crippen LogP contribution >= 0.6 is 0 Å². The van der Waals surface area contributed by atoms with Crippen molar-refractivity contribution in [2.24, 2.45) is 11.8 Å². The second-order valence-electron chi connectivity index (χ2n) is 7.02. The molecule has 1 amide bonds. The van der Waals surface area contributed by atoms with Gasteiger partial charge in [0.05, 0.1) is 6.61 Å². The van der Waals surface area contributed by atoms with Gasteiger partial charge in [-0.05, 0) is 37.6 Å². The molecule has 23 heavy (non-hydrogen) atoms. The predicted molar refractivity (Wildman–Crippen MR) is 96.6 cm³/mol. The van der Waals surface area contributed by atoms with E-state index in [9.17, 15) is 0 Å². The highest BCUT2D eigenvalue weighted by atomic mass is 16.5. The molecule has 2 aliphatic carbocycles. The van der Waals surface area contributed by atoms with Crippen LogP contribution in [0.25, 0.3) is 0 Å². The molecule has 0 bridgehead atoms. The summed E-state index contributed by atoms with van der Waals surface area (Å²) in [5, 5.41) is 5.82. The summed E-state index contributed by atoms with van der Waals surface area (Å²) in [5.74, 6) is 1.90. The molecular weight excluding hydrogens is 288 g/mol. The largest absolute Gasteiger partial charge is 0.380 e. The molecule has 2 aliphatic rings. The Morgan fingerprint density at radius 3 is 2.04 bits per heavy atom. The molecule has 0 aromatic heterocycles. The lowest BCUT2D eigenvalue weighted by atomic mass is 9.87. The molecule has 2 fully saturated rings. The number of nitrogens with one attached hydrogen (secondary N) is 2. The highest BCUT2D eigenvalue weighted by Gasteiger charge is 2.13. The fourth-order valence-corrected chi connectivity index (χ4v) is 3.67. The lowest BCUT2D eigenvalue weighted by Gasteiger charge is -2.22. The Morgan fingerprint density at radius 2 is 1.48 bits per heavy atom. The molecule has 0 radical (unpaired) electrons. The summed E-state index contributed by atoms with van der Waals surface area (Å²) in [5.41, 5.74) is 0. The Balaban J connectivity index is 0.000000593. The maximum atomic E-state index is 9.06. The van der Waals surface area contributed by atoms with Gasteiger partial charge in [-0.3, -0.25) is 4.79 Å². The van der Waals surface area contributed by atoms with Crippen molar-refractivity contribution in [3.63, 3.8) is 0 Å². The summed E-state index contributed by atoms with van der Waals surface area (Å²) >= 11 is 0. The van der Waals surface area contributed by atoms with Crippen molar-refractivity contribution in [3.8, 4) is 0 Å². The minimum absolute atomic E-state index is 0.625. The van der Waals surface area contributed by atoms with Crippen LogP contribution in [0.1, 0.15) is 70.6 Å². The SMILES string of the molecule is C1CCC(CCOCCNCC2CCCCC2)CC1.CNC=O. The van der Waals surface area contributed by atoms with E-state index in [-0.39, 0.29) is 0 Å². The number of hydrogen-bond acceptors (Lipinski definition) is 3. The zero-order chi connectivity index (χ0) is 16.6. The first-order valence-electron chi connectivity index (χ1n) is 9.76. The van der Waals surface area contributed by atoms with Gasteiger partial charge >= 0.3 is 0 Å². The molecule has 2 saturated carbocycles. The molecule has 2 rings (SSSR count). The molecule has 0 saturated heterocycles. The predicted octanol–water partition coefficient (Wildman–Crippen LogP) is 3.51. The van der Waals surface area contributed by atoms with Crippen LogP contribution in [0.5, 0.6) is 0 Å². The summed E-state index contributed by atoms with van der Waals surface area (Å²) in [4.78, 5) is 9.06. The fourth-order valence-electron chi connectivity index (χ4n) is 3.67. The molecule has 4 heteroatoms. The molecular formula is C19H38N2O2. The molecule has 2 N–H and O–H groups in total. The van der Waals surface area contributed by atoms with Crippen molar-refractivity contribution in [1.29, 1.82) is 0 Å². The minimum Gasteiger partial charge on any atom is -0.380 e. The van der Waals surface area contributed by atoms with Gasteiger partial charge in [-0.2, -0.15) is 0 Å². The molecule has 0 aromatic carbocycles. The monoisotopic (exact) mass is 326 g/mol. The van der Waals surface area contributed by atoms with Crippen LogP contribution in [-0.4, -0.2) is 39.8 Å². The Kier molecular flexibility index (Phi) is 13.3. The summed E-state index contributed by atoms with van der Waals surface area (Å²) in [6.07, 6.45) is 16.4. The van der Waals surface area contributed by atoms with Crippen LogP contribution in [0, 0.1) is 11.8 Å². The van der Waals surface area contributed by atoms with Crippen LogP contribution < -0.4 is 10.6 Å². The Labute approximate surface area is 143 Å². The summed E-state index contributed by atoms with van der Waals surface area (Å²) in [6.45, 7) is 4.14. The first-order valence-corrected chi connectivity index (χ1v) is 9.76. The summed E-state index contributed by atoms with van der Waals surface area (Å²) in [7, 11) is 1.56. The molecule has 0 atom stereocenters. The lowest BCUT2D eigenvalue weighted by molar-refractivity contribution is -0.109. The van der Waals surface area contributed by atoms with Crippen molar-refractivity contribution in [2.75, 3.05) is 33.4 Å². The quantitative estimate of drug-likeness (QED) is 0.503. The van der Waals surface area contributed by atoms with E-state index >= 15 is 0 Å². The van der Waals surface area contributed by atoms with Gasteiger partial charge in [0, 0.05) is 20.2 Å². The van der Waals surface area contributed by atoms with E-state index in [2.05, 4.69) is 10.6 Å². The molecule has 0 aliphatic heterocycles. The molecule has 136 valence electrons. The average molecular weight is 327 g/mol. The van der Waals surface area contributed by atoms with Crippen molar-refractivity contribution in [2.45, 2.75) is 70.6 Å².